The fraction of sp³-hybridized carbons (Fsp3) is 0.481. The molecule has 3 rings (SSSR count). The average Bonchev–Trinajstić information content (AvgIpc) is 2.81. The number of amides is 2. The SMILES string of the molecule is CCCC1CN(C(=O)c2ccc(-c3ccc(OCCNC(=O)OC(C)(C)C)c(Cl)c3)cc2)CCO1. The van der Waals surface area contributed by atoms with Crippen LogP contribution >= 0.6 is 11.6 Å². The molecule has 0 aromatic heterocycles. The van der Waals surface area contributed by atoms with Crippen LogP contribution in [-0.4, -0.2) is 61.5 Å². The van der Waals surface area contributed by atoms with Crippen LogP contribution in [0.15, 0.2) is 42.5 Å². The Morgan fingerprint density at radius 2 is 1.86 bits per heavy atom. The molecule has 1 fully saturated rings. The average molecular weight is 503 g/mol. The Morgan fingerprint density at radius 1 is 1.14 bits per heavy atom. The Kier molecular flexibility index (Phi) is 9.40. The van der Waals surface area contributed by atoms with Gasteiger partial charge < -0.3 is 24.4 Å². The van der Waals surface area contributed by atoms with Crippen LogP contribution in [0.3, 0.4) is 0 Å². The van der Waals surface area contributed by atoms with E-state index in [9.17, 15) is 9.59 Å². The summed E-state index contributed by atoms with van der Waals surface area (Å²) in [6.07, 6.45) is 1.63. The molecule has 1 aliphatic rings. The van der Waals surface area contributed by atoms with E-state index < -0.39 is 11.7 Å². The van der Waals surface area contributed by atoms with Gasteiger partial charge in [-0.15, -0.1) is 0 Å². The predicted molar refractivity (Wildman–Crippen MR) is 137 cm³/mol. The molecule has 8 heteroatoms. The van der Waals surface area contributed by atoms with E-state index in [2.05, 4.69) is 12.2 Å². The van der Waals surface area contributed by atoms with Crippen LogP contribution in [0.25, 0.3) is 11.1 Å². The monoisotopic (exact) mass is 502 g/mol. The minimum atomic E-state index is -0.546. The molecular formula is C27H35ClN2O5. The fourth-order valence-electron chi connectivity index (χ4n) is 3.81. The standard InChI is InChI=1S/C27H35ClN2O5/c1-5-6-22-18-30(14-16-33-22)25(31)20-9-7-19(8-10-20)21-11-12-24(23(28)17-21)34-15-13-29-26(32)35-27(2,3)4/h7-12,17,22H,5-6,13-16,18H2,1-4H3,(H,29,32). The third kappa shape index (κ3) is 8.15. The van der Waals surface area contributed by atoms with Crippen molar-refractivity contribution in [3.63, 3.8) is 0 Å². The number of carbonyl (C=O) groups excluding carboxylic acids is 2. The zero-order valence-corrected chi connectivity index (χ0v) is 21.7. The van der Waals surface area contributed by atoms with Gasteiger partial charge in [0.1, 0.15) is 18.0 Å². The Morgan fingerprint density at radius 3 is 2.51 bits per heavy atom. The van der Waals surface area contributed by atoms with Crippen molar-refractivity contribution < 1.29 is 23.8 Å². The maximum Gasteiger partial charge on any atom is 0.407 e. The summed E-state index contributed by atoms with van der Waals surface area (Å²) >= 11 is 6.42. The zero-order valence-electron chi connectivity index (χ0n) is 20.9. The first-order valence-electron chi connectivity index (χ1n) is 12.1. The minimum Gasteiger partial charge on any atom is -0.490 e. The van der Waals surface area contributed by atoms with E-state index in [1.807, 2.05) is 62.1 Å². The molecule has 0 bridgehead atoms. The van der Waals surface area contributed by atoms with Crippen molar-refractivity contribution in [1.29, 1.82) is 0 Å². The van der Waals surface area contributed by atoms with Crippen molar-refractivity contribution in [2.24, 2.45) is 0 Å². The van der Waals surface area contributed by atoms with Crippen LogP contribution in [-0.2, 0) is 9.47 Å². The molecule has 190 valence electrons. The molecule has 1 saturated heterocycles. The van der Waals surface area contributed by atoms with Crippen molar-refractivity contribution in [3.05, 3.63) is 53.1 Å². The van der Waals surface area contributed by atoms with Crippen LogP contribution in [0.2, 0.25) is 5.02 Å². The fourth-order valence-corrected chi connectivity index (χ4v) is 4.05. The first-order valence-corrected chi connectivity index (χ1v) is 12.4. The highest BCUT2D eigenvalue weighted by atomic mass is 35.5. The normalized spacial score (nSPS) is 16.0. The van der Waals surface area contributed by atoms with E-state index in [-0.39, 0.29) is 18.6 Å². The van der Waals surface area contributed by atoms with Crippen molar-refractivity contribution >= 4 is 23.6 Å². The summed E-state index contributed by atoms with van der Waals surface area (Å²) < 4.78 is 16.6. The van der Waals surface area contributed by atoms with Crippen LogP contribution in [0.1, 0.15) is 50.9 Å². The lowest BCUT2D eigenvalue weighted by Gasteiger charge is -2.33. The molecule has 0 aliphatic carbocycles. The van der Waals surface area contributed by atoms with Gasteiger partial charge in [0.15, 0.2) is 0 Å². The number of carbonyl (C=O) groups is 2. The number of morpholine rings is 1. The Labute approximate surface area is 212 Å². The maximum atomic E-state index is 12.9. The van der Waals surface area contributed by atoms with Gasteiger partial charge in [0.2, 0.25) is 0 Å². The summed E-state index contributed by atoms with van der Waals surface area (Å²) in [7, 11) is 0. The molecule has 1 N–H and O–H groups in total. The highest BCUT2D eigenvalue weighted by Gasteiger charge is 2.24. The summed E-state index contributed by atoms with van der Waals surface area (Å²) in [5, 5.41) is 3.11. The summed E-state index contributed by atoms with van der Waals surface area (Å²) in [5.74, 6) is 0.560. The molecule has 2 amide bonds. The molecule has 2 aromatic rings. The Bertz CT molecular complexity index is 1000. The number of nitrogens with one attached hydrogen (secondary N) is 1. The van der Waals surface area contributed by atoms with E-state index in [0.29, 0.717) is 42.6 Å². The summed E-state index contributed by atoms with van der Waals surface area (Å²) in [6, 6.07) is 13.1. The van der Waals surface area contributed by atoms with Gasteiger partial charge in [-0.2, -0.15) is 0 Å². The molecule has 1 atom stereocenters. The van der Waals surface area contributed by atoms with Crippen molar-refractivity contribution in [3.8, 4) is 16.9 Å². The second-order valence-electron chi connectivity index (χ2n) is 9.53. The summed E-state index contributed by atoms with van der Waals surface area (Å²) in [6.45, 7) is 9.94. The molecule has 7 nitrogen and oxygen atoms in total. The van der Waals surface area contributed by atoms with Crippen LogP contribution in [0, 0.1) is 0 Å². The molecule has 35 heavy (non-hydrogen) atoms. The van der Waals surface area contributed by atoms with Crippen LogP contribution < -0.4 is 10.1 Å². The second kappa shape index (κ2) is 12.3. The molecule has 2 aromatic carbocycles. The molecule has 1 heterocycles. The number of halogens is 1. The van der Waals surface area contributed by atoms with Gasteiger partial charge in [-0.05, 0) is 62.6 Å². The van der Waals surface area contributed by atoms with E-state index in [1.54, 1.807) is 6.07 Å². The van der Waals surface area contributed by atoms with Gasteiger partial charge in [0, 0.05) is 18.7 Å². The number of alkyl carbamates (subject to hydrolysis) is 1. The van der Waals surface area contributed by atoms with Crippen LogP contribution in [0.4, 0.5) is 4.79 Å². The quantitative estimate of drug-likeness (QED) is 0.479. The predicted octanol–water partition coefficient (Wildman–Crippen LogP) is 5.55. The van der Waals surface area contributed by atoms with Gasteiger partial charge in [0.05, 0.1) is 24.3 Å². The third-order valence-electron chi connectivity index (χ3n) is 5.46. The molecule has 0 saturated carbocycles. The number of rotatable bonds is 8. The maximum absolute atomic E-state index is 12.9. The van der Waals surface area contributed by atoms with Crippen LogP contribution in [0.5, 0.6) is 5.75 Å². The lowest BCUT2D eigenvalue weighted by molar-refractivity contribution is -0.0250. The number of ether oxygens (including phenoxy) is 3. The van der Waals surface area contributed by atoms with Crippen molar-refractivity contribution in [2.45, 2.75) is 52.2 Å². The van der Waals surface area contributed by atoms with Crippen molar-refractivity contribution in [1.82, 2.24) is 10.2 Å². The molecular weight excluding hydrogens is 468 g/mol. The third-order valence-corrected chi connectivity index (χ3v) is 5.76. The van der Waals surface area contributed by atoms with Gasteiger partial charge in [0.25, 0.3) is 5.91 Å². The largest absolute Gasteiger partial charge is 0.490 e. The highest BCUT2D eigenvalue weighted by molar-refractivity contribution is 6.32. The first-order chi connectivity index (χ1) is 16.7. The highest BCUT2D eigenvalue weighted by Crippen LogP contribution is 2.30. The van der Waals surface area contributed by atoms with Gasteiger partial charge in [-0.25, -0.2) is 4.79 Å². The lowest BCUT2D eigenvalue weighted by atomic mass is 10.0. The molecule has 0 radical (unpaired) electrons. The van der Waals surface area contributed by atoms with E-state index in [1.165, 1.54) is 0 Å². The topological polar surface area (TPSA) is 77.1 Å². The van der Waals surface area contributed by atoms with Gasteiger partial charge in [-0.1, -0.05) is 43.1 Å². The smallest absolute Gasteiger partial charge is 0.407 e. The summed E-state index contributed by atoms with van der Waals surface area (Å²) in [5.41, 5.74) is 1.99. The van der Waals surface area contributed by atoms with E-state index in [4.69, 9.17) is 25.8 Å². The zero-order chi connectivity index (χ0) is 25.4. The lowest BCUT2D eigenvalue weighted by Crippen LogP contribution is -2.45. The van der Waals surface area contributed by atoms with Gasteiger partial charge >= 0.3 is 6.09 Å². The molecule has 1 unspecified atom stereocenters. The number of nitrogens with zero attached hydrogens (tertiary/aromatic N) is 1. The number of hydrogen-bond donors (Lipinski definition) is 1. The Hall–Kier alpha value is -2.77. The molecule has 1 aliphatic heterocycles. The number of benzene rings is 2. The molecule has 0 spiro atoms. The number of hydrogen-bond acceptors (Lipinski definition) is 5. The van der Waals surface area contributed by atoms with E-state index in [0.717, 1.165) is 24.0 Å². The second-order valence-corrected chi connectivity index (χ2v) is 9.94. The van der Waals surface area contributed by atoms with Gasteiger partial charge in [-0.3, -0.25) is 4.79 Å². The minimum absolute atomic E-state index is 0.0303. The first kappa shape index (κ1) is 26.8. The van der Waals surface area contributed by atoms with Crippen molar-refractivity contribution in [2.75, 3.05) is 32.8 Å². The Balaban J connectivity index is 1.54. The van der Waals surface area contributed by atoms with E-state index >= 15 is 0 Å². The summed E-state index contributed by atoms with van der Waals surface area (Å²) in [4.78, 5) is 26.5.